The molecule has 0 aromatic carbocycles. The number of thiophene rings is 1. The molecular weight excluding hydrogens is 394 g/mol. The first-order valence-corrected chi connectivity index (χ1v) is 11.6. The summed E-state index contributed by atoms with van der Waals surface area (Å²) in [7, 11) is 0. The minimum atomic E-state index is -0.384. The van der Waals surface area contributed by atoms with Crippen LogP contribution >= 0.6 is 23.1 Å². The van der Waals surface area contributed by atoms with E-state index in [1.54, 1.807) is 11.3 Å². The van der Waals surface area contributed by atoms with Crippen LogP contribution in [0.15, 0.2) is 22.7 Å². The Bertz CT molecular complexity index is 830. The van der Waals surface area contributed by atoms with Crippen molar-refractivity contribution < 1.29 is 9.59 Å². The predicted molar refractivity (Wildman–Crippen MR) is 110 cm³/mol. The van der Waals surface area contributed by atoms with E-state index in [-0.39, 0.29) is 17.2 Å². The second kappa shape index (κ2) is 8.65. The second-order valence-electron chi connectivity index (χ2n) is 7.30. The van der Waals surface area contributed by atoms with E-state index in [1.807, 2.05) is 6.92 Å². The van der Waals surface area contributed by atoms with E-state index in [0.717, 1.165) is 30.2 Å². The van der Waals surface area contributed by atoms with E-state index < -0.39 is 0 Å². The van der Waals surface area contributed by atoms with Gasteiger partial charge in [0, 0.05) is 30.4 Å². The number of hydrogen-bond donors (Lipinski definition) is 1. The highest BCUT2D eigenvalue weighted by atomic mass is 32.2. The molecule has 9 heteroatoms. The van der Waals surface area contributed by atoms with Crippen LogP contribution in [-0.4, -0.2) is 49.9 Å². The number of nitrogens with zero attached hydrogens (tertiary/aromatic N) is 4. The Hall–Kier alpha value is -1.87. The molecule has 3 heterocycles. The number of nitrogens with one attached hydrogen (secondary N) is 1. The van der Waals surface area contributed by atoms with Crippen LogP contribution in [0.25, 0.3) is 0 Å². The Morgan fingerprint density at radius 1 is 1.36 bits per heavy atom. The third-order valence-electron chi connectivity index (χ3n) is 5.34. The zero-order valence-electron chi connectivity index (χ0n) is 16.0. The first kappa shape index (κ1) is 19.4. The normalized spacial score (nSPS) is 19.0. The summed E-state index contributed by atoms with van der Waals surface area (Å²) in [5.74, 6) is 0.799. The Balaban J connectivity index is 1.56. The van der Waals surface area contributed by atoms with E-state index in [1.165, 1.54) is 40.8 Å². The molecule has 150 valence electrons. The molecule has 1 atom stereocenters. The molecule has 0 radical (unpaired) electrons. The molecule has 2 aromatic heterocycles. The highest BCUT2D eigenvalue weighted by molar-refractivity contribution is 8.00. The van der Waals surface area contributed by atoms with Crippen molar-refractivity contribution in [1.82, 2.24) is 25.0 Å². The van der Waals surface area contributed by atoms with Gasteiger partial charge in [-0.05, 0) is 31.2 Å². The van der Waals surface area contributed by atoms with Crippen molar-refractivity contribution >= 4 is 35.0 Å². The topological polar surface area (TPSA) is 80.1 Å². The third-order valence-corrected chi connectivity index (χ3v) is 7.26. The standard InChI is InChI=1S/C19H25N5O2S2/c1-13(17(25)23-10-9-20-18(23)26)28-19-22-21-16(12-15-8-5-11-27-15)24(19)14-6-3-2-4-7-14/h5,8,11,13-14H,2-4,6-7,9-10,12H2,1H3,(H,20,26)/t13-/m0/s1. The summed E-state index contributed by atoms with van der Waals surface area (Å²) < 4.78 is 2.26. The van der Waals surface area contributed by atoms with Crippen LogP contribution < -0.4 is 5.32 Å². The van der Waals surface area contributed by atoms with Crippen molar-refractivity contribution in [2.24, 2.45) is 0 Å². The van der Waals surface area contributed by atoms with Gasteiger partial charge in [0.1, 0.15) is 5.82 Å². The number of hydrogen-bond acceptors (Lipinski definition) is 6. The highest BCUT2D eigenvalue weighted by Gasteiger charge is 2.32. The fraction of sp³-hybridized carbons (Fsp3) is 0.579. The van der Waals surface area contributed by atoms with Gasteiger partial charge in [-0.25, -0.2) is 4.79 Å². The molecule has 7 nitrogen and oxygen atoms in total. The lowest BCUT2D eigenvalue weighted by atomic mass is 9.95. The number of aromatic nitrogens is 3. The average molecular weight is 420 g/mol. The number of carbonyl (C=O) groups excluding carboxylic acids is 2. The van der Waals surface area contributed by atoms with Gasteiger partial charge in [-0.1, -0.05) is 37.1 Å². The summed E-state index contributed by atoms with van der Waals surface area (Å²) in [4.78, 5) is 27.1. The number of amides is 3. The first-order valence-electron chi connectivity index (χ1n) is 9.85. The Morgan fingerprint density at radius 3 is 2.86 bits per heavy atom. The zero-order chi connectivity index (χ0) is 19.5. The molecule has 4 rings (SSSR count). The predicted octanol–water partition coefficient (Wildman–Crippen LogP) is 3.47. The van der Waals surface area contributed by atoms with Gasteiger partial charge in [-0.2, -0.15) is 0 Å². The van der Waals surface area contributed by atoms with Crippen molar-refractivity contribution in [1.29, 1.82) is 0 Å². The number of rotatable bonds is 6. The van der Waals surface area contributed by atoms with Gasteiger partial charge >= 0.3 is 6.03 Å². The summed E-state index contributed by atoms with van der Waals surface area (Å²) in [6.45, 7) is 2.80. The number of urea groups is 1. The molecule has 0 unspecified atom stereocenters. The van der Waals surface area contributed by atoms with Crippen LogP contribution in [-0.2, 0) is 11.2 Å². The quantitative estimate of drug-likeness (QED) is 0.725. The van der Waals surface area contributed by atoms with E-state index in [9.17, 15) is 9.59 Å². The van der Waals surface area contributed by atoms with Gasteiger partial charge in [-0.15, -0.1) is 21.5 Å². The van der Waals surface area contributed by atoms with E-state index >= 15 is 0 Å². The SMILES string of the molecule is C[C@H](Sc1nnc(Cc2cccs2)n1C1CCCCC1)C(=O)N1CCNC1=O. The van der Waals surface area contributed by atoms with Gasteiger partial charge in [0.2, 0.25) is 5.91 Å². The molecule has 1 N–H and O–H groups in total. The largest absolute Gasteiger partial charge is 0.336 e. The number of thioether (sulfide) groups is 1. The van der Waals surface area contributed by atoms with Gasteiger partial charge in [0.05, 0.1) is 5.25 Å². The molecule has 2 fully saturated rings. The molecule has 1 aliphatic carbocycles. The molecule has 1 saturated heterocycles. The molecule has 28 heavy (non-hydrogen) atoms. The number of carbonyl (C=O) groups is 2. The van der Waals surface area contributed by atoms with Crippen molar-refractivity contribution in [3.05, 3.63) is 28.2 Å². The smallest absolute Gasteiger partial charge is 0.324 e. The number of imide groups is 1. The van der Waals surface area contributed by atoms with Crippen LogP contribution in [0.3, 0.4) is 0 Å². The summed E-state index contributed by atoms with van der Waals surface area (Å²) >= 11 is 3.14. The summed E-state index contributed by atoms with van der Waals surface area (Å²) in [6, 6.07) is 4.26. The summed E-state index contributed by atoms with van der Waals surface area (Å²) in [5.41, 5.74) is 0. The van der Waals surface area contributed by atoms with Crippen LogP contribution in [0, 0.1) is 0 Å². The molecule has 1 aliphatic heterocycles. The highest BCUT2D eigenvalue weighted by Crippen LogP contribution is 2.35. The fourth-order valence-electron chi connectivity index (χ4n) is 3.89. The van der Waals surface area contributed by atoms with Gasteiger partial charge in [0.25, 0.3) is 0 Å². The summed E-state index contributed by atoms with van der Waals surface area (Å²) in [6.07, 6.45) is 6.72. The molecule has 3 amide bonds. The van der Waals surface area contributed by atoms with Crippen molar-refractivity contribution in [3.8, 4) is 0 Å². The molecule has 0 bridgehead atoms. The average Bonchev–Trinajstić information content (AvgIpc) is 3.44. The zero-order valence-corrected chi connectivity index (χ0v) is 17.6. The fourth-order valence-corrected chi connectivity index (χ4v) is 5.59. The lowest BCUT2D eigenvalue weighted by molar-refractivity contribution is -0.126. The van der Waals surface area contributed by atoms with E-state index in [4.69, 9.17) is 0 Å². The van der Waals surface area contributed by atoms with Crippen molar-refractivity contribution in [2.45, 2.75) is 61.9 Å². The van der Waals surface area contributed by atoms with E-state index in [0.29, 0.717) is 19.1 Å². The van der Waals surface area contributed by atoms with E-state index in [2.05, 4.69) is 37.6 Å². The lowest BCUT2D eigenvalue weighted by Crippen LogP contribution is -2.39. The van der Waals surface area contributed by atoms with Crippen LogP contribution in [0.4, 0.5) is 4.79 Å². The molecule has 2 aromatic rings. The van der Waals surface area contributed by atoms with Crippen LogP contribution in [0.5, 0.6) is 0 Å². The lowest BCUT2D eigenvalue weighted by Gasteiger charge is -2.26. The Labute approximate surface area is 172 Å². The maximum atomic E-state index is 12.7. The monoisotopic (exact) mass is 419 g/mol. The molecule has 2 aliphatic rings. The molecule has 0 spiro atoms. The van der Waals surface area contributed by atoms with Gasteiger partial charge in [0.15, 0.2) is 5.16 Å². The maximum Gasteiger partial charge on any atom is 0.324 e. The minimum absolute atomic E-state index is 0.169. The second-order valence-corrected chi connectivity index (χ2v) is 9.64. The molecular formula is C19H25N5O2S2. The van der Waals surface area contributed by atoms with Gasteiger partial charge in [-0.3, -0.25) is 9.69 Å². The molecule has 1 saturated carbocycles. The Morgan fingerprint density at radius 2 is 2.18 bits per heavy atom. The van der Waals surface area contributed by atoms with Crippen LogP contribution in [0.1, 0.15) is 55.8 Å². The third kappa shape index (κ3) is 4.10. The van der Waals surface area contributed by atoms with Crippen molar-refractivity contribution in [3.63, 3.8) is 0 Å². The minimum Gasteiger partial charge on any atom is -0.336 e. The summed E-state index contributed by atoms with van der Waals surface area (Å²) in [5, 5.41) is 14.1. The maximum absolute atomic E-state index is 12.7. The van der Waals surface area contributed by atoms with Crippen LogP contribution in [0.2, 0.25) is 0 Å². The first-order chi connectivity index (χ1) is 13.6. The Kier molecular flexibility index (Phi) is 6.01. The van der Waals surface area contributed by atoms with Gasteiger partial charge < -0.3 is 9.88 Å². The van der Waals surface area contributed by atoms with Crippen molar-refractivity contribution in [2.75, 3.05) is 13.1 Å².